The fraction of sp³-hybridized carbons (Fsp3) is 0.529. The van der Waals surface area contributed by atoms with Gasteiger partial charge in [-0.05, 0) is 31.0 Å². The minimum atomic E-state index is -0.192. The molecule has 0 radical (unpaired) electrons. The fourth-order valence-electron chi connectivity index (χ4n) is 3.06. The number of aliphatic hydroxyl groups is 1. The Kier molecular flexibility index (Phi) is 6.85. The van der Waals surface area contributed by atoms with Crippen LogP contribution in [0.4, 0.5) is 5.69 Å². The van der Waals surface area contributed by atoms with Gasteiger partial charge in [-0.2, -0.15) is 5.26 Å². The number of anilines is 1. The summed E-state index contributed by atoms with van der Waals surface area (Å²) in [7, 11) is 0. The summed E-state index contributed by atoms with van der Waals surface area (Å²) in [4.78, 5) is 14.4. The van der Waals surface area contributed by atoms with E-state index >= 15 is 0 Å². The van der Waals surface area contributed by atoms with E-state index in [9.17, 15) is 9.90 Å². The van der Waals surface area contributed by atoms with Crippen LogP contribution < -0.4 is 5.32 Å². The average molecular weight is 336 g/mol. The first-order chi connectivity index (χ1) is 11.1. The molecule has 6 heteroatoms. The van der Waals surface area contributed by atoms with E-state index in [4.69, 9.17) is 16.9 Å². The highest BCUT2D eigenvalue weighted by Crippen LogP contribution is 2.23. The first kappa shape index (κ1) is 17.7. The molecule has 0 heterocycles. The molecule has 1 aromatic carbocycles. The maximum absolute atomic E-state index is 12.3. The number of nitrogens with one attached hydrogen (secondary N) is 1. The Morgan fingerprint density at radius 2 is 2.13 bits per heavy atom. The number of hydrogen-bond donors (Lipinski definition) is 2. The molecule has 23 heavy (non-hydrogen) atoms. The van der Waals surface area contributed by atoms with E-state index in [0.717, 1.165) is 12.8 Å². The topological polar surface area (TPSA) is 76.4 Å². The Labute approximate surface area is 141 Å². The number of benzene rings is 1. The third kappa shape index (κ3) is 5.21. The molecular formula is C17H22ClN3O2. The van der Waals surface area contributed by atoms with Gasteiger partial charge in [0.15, 0.2) is 0 Å². The molecule has 1 saturated carbocycles. The molecule has 1 fully saturated rings. The van der Waals surface area contributed by atoms with Crippen molar-refractivity contribution in [2.75, 3.05) is 25.0 Å². The summed E-state index contributed by atoms with van der Waals surface area (Å²) >= 11 is 5.93. The number of aliphatic hydroxyl groups excluding tert-OH is 1. The number of nitrogens with zero attached hydrogens (tertiary/aromatic N) is 2. The van der Waals surface area contributed by atoms with Crippen molar-refractivity contribution in [2.24, 2.45) is 0 Å². The number of hydrogen-bond acceptors (Lipinski definition) is 4. The van der Waals surface area contributed by atoms with E-state index in [0.29, 0.717) is 28.9 Å². The van der Waals surface area contributed by atoms with Crippen LogP contribution in [0.2, 0.25) is 5.02 Å². The number of rotatable bonds is 6. The van der Waals surface area contributed by atoms with Crippen LogP contribution in [0.25, 0.3) is 0 Å². The molecule has 1 aromatic rings. The summed E-state index contributed by atoms with van der Waals surface area (Å²) in [5.41, 5.74) is 0.812. The quantitative estimate of drug-likeness (QED) is 0.838. The molecule has 0 unspecified atom stereocenters. The second-order valence-electron chi connectivity index (χ2n) is 5.84. The van der Waals surface area contributed by atoms with Crippen molar-refractivity contribution < 1.29 is 9.90 Å². The van der Waals surface area contributed by atoms with Crippen LogP contribution in [0, 0.1) is 11.3 Å². The zero-order valence-electron chi connectivity index (χ0n) is 13.1. The second kappa shape index (κ2) is 8.88. The van der Waals surface area contributed by atoms with E-state index in [2.05, 4.69) is 5.32 Å². The molecule has 124 valence electrons. The summed E-state index contributed by atoms with van der Waals surface area (Å²) in [6, 6.07) is 7.17. The Morgan fingerprint density at radius 1 is 1.39 bits per heavy atom. The predicted molar refractivity (Wildman–Crippen MR) is 90.3 cm³/mol. The zero-order valence-corrected chi connectivity index (χ0v) is 13.9. The number of halogens is 1. The SMILES string of the molecule is N#Cc1ccc(Cl)cc1NC(=O)CN(CCO)C1CCCCC1. The van der Waals surface area contributed by atoms with Gasteiger partial charge in [0.2, 0.25) is 5.91 Å². The summed E-state index contributed by atoms with van der Waals surface area (Å²) in [6.45, 7) is 0.728. The smallest absolute Gasteiger partial charge is 0.238 e. The lowest BCUT2D eigenvalue weighted by Crippen LogP contribution is -2.43. The minimum Gasteiger partial charge on any atom is -0.395 e. The van der Waals surface area contributed by atoms with Crippen LogP contribution in [-0.2, 0) is 4.79 Å². The number of carbonyl (C=O) groups is 1. The highest BCUT2D eigenvalue weighted by atomic mass is 35.5. The van der Waals surface area contributed by atoms with Gasteiger partial charge in [-0.1, -0.05) is 30.9 Å². The zero-order chi connectivity index (χ0) is 16.7. The standard InChI is InChI=1S/C17H22ClN3O2/c18-14-7-6-13(11-19)16(10-14)20-17(23)12-21(8-9-22)15-4-2-1-3-5-15/h6-7,10,15,22H,1-5,8-9,12H2,(H,20,23). The molecule has 1 aliphatic carbocycles. The van der Waals surface area contributed by atoms with Crippen molar-refractivity contribution in [3.05, 3.63) is 28.8 Å². The van der Waals surface area contributed by atoms with Gasteiger partial charge in [-0.3, -0.25) is 9.69 Å². The lowest BCUT2D eigenvalue weighted by molar-refractivity contribution is -0.118. The van der Waals surface area contributed by atoms with Crippen molar-refractivity contribution in [3.63, 3.8) is 0 Å². The maximum Gasteiger partial charge on any atom is 0.238 e. The van der Waals surface area contributed by atoms with Gasteiger partial charge in [0.1, 0.15) is 6.07 Å². The second-order valence-corrected chi connectivity index (χ2v) is 6.27. The molecule has 1 aliphatic rings. The highest BCUT2D eigenvalue weighted by Gasteiger charge is 2.23. The molecule has 0 aliphatic heterocycles. The molecular weight excluding hydrogens is 314 g/mol. The van der Waals surface area contributed by atoms with Gasteiger partial charge >= 0.3 is 0 Å². The van der Waals surface area contributed by atoms with Crippen LogP contribution >= 0.6 is 11.6 Å². The Balaban J connectivity index is 2.01. The van der Waals surface area contributed by atoms with Gasteiger partial charge < -0.3 is 10.4 Å². The van der Waals surface area contributed by atoms with Crippen LogP contribution in [-0.4, -0.2) is 41.7 Å². The van der Waals surface area contributed by atoms with Crippen molar-refractivity contribution >= 4 is 23.2 Å². The van der Waals surface area contributed by atoms with Crippen molar-refractivity contribution in [1.82, 2.24) is 4.90 Å². The largest absolute Gasteiger partial charge is 0.395 e. The van der Waals surface area contributed by atoms with E-state index in [1.54, 1.807) is 18.2 Å². The van der Waals surface area contributed by atoms with E-state index in [1.807, 2.05) is 11.0 Å². The van der Waals surface area contributed by atoms with Gasteiger partial charge in [0.25, 0.3) is 0 Å². The molecule has 5 nitrogen and oxygen atoms in total. The Morgan fingerprint density at radius 3 is 2.78 bits per heavy atom. The van der Waals surface area contributed by atoms with Crippen LogP contribution in [0.3, 0.4) is 0 Å². The van der Waals surface area contributed by atoms with Gasteiger partial charge in [0, 0.05) is 17.6 Å². The van der Waals surface area contributed by atoms with E-state index in [-0.39, 0.29) is 19.1 Å². The first-order valence-corrected chi connectivity index (χ1v) is 8.36. The third-order valence-corrected chi connectivity index (χ3v) is 4.44. The van der Waals surface area contributed by atoms with Crippen molar-refractivity contribution in [1.29, 1.82) is 5.26 Å². The monoisotopic (exact) mass is 335 g/mol. The molecule has 0 aromatic heterocycles. The number of amides is 1. The van der Waals surface area contributed by atoms with Gasteiger partial charge in [-0.25, -0.2) is 0 Å². The highest BCUT2D eigenvalue weighted by molar-refractivity contribution is 6.31. The lowest BCUT2D eigenvalue weighted by atomic mass is 9.94. The van der Waals surface area contributed by atoms with Crippen molar-refractivity contribution in [2.45, 2.75) is 38.1 Å². The normalized spacial score (nSPS) is 15.4. The summed E-state index contributed by atoms with van der Waals surface area (Å²) in [6.07, 6.45) is 5.70. The molecule has 0 bridgehead atoms. The van der Waals surface area contributed by atoms with Crippen LogP contribution in [0.5, 0.6) is 0 Å². The van der Waals surface area contributed by atoms with Crippen LogP contribution in [0.1, 0.15) is 37.7 Å². The molecule has 2 N–H and O–H groups in total. The fourth-order valence-corrected chi connectivity index (χ4v) is 3.23. The number of carbonyl (C=O) groups excluding carboxylic acids is 1. The summed E-state index contributed by atoms with van der Waals surface area (Å²) in [5.74, 6) is -0.192. The van der Waals surface area contributed by atoms with Crippen molar-refractivity contribution in [3.8, 4) is 6.07 Å². The minimum absolute atomic E-state index is 0.0321. The third-order valence-electron chi connectivity index (χ3n) is 4.20. The lowest BCUT2D eigenvalue weighted by Gasteiger charge is -2.33. The Hall–Kier alpha value is -1.61. The molecule has 0 spiro atoms. The van der Waals surface area contributed by atoms with Crippen LogP contribution in [0.15, 0.2) is 18.2 Å². The molecule has 0 atom stereocenters. The molecule has 1 amide bonds. The summed E-state index contributed by atoms with van der Waals surface area (Å²) < 4.78 is 0. The summed E-state index contributed by atoms with van der Waals surface area (Å²) in [5, 5.41) is 21.6. The van der Waals surface area contributed by atoms with Gasteiger partial charge in [0.05, 0.1) is 24.4 Å². The van der Waals surface area contributed by atoms with E-state index in [1.165, 1.54) is 19.3 Å². The molecule has 0 saturated heterocycles. The first-order valence-electron chi connectivity index (χ1n) is 7.98. The molecule has 2 rings (SSSR count). The maximum atomic E-state index is 12.3. The van der Waals surface area contributed by atoms with E-state index < -0.39 is 0 Å². The Bertz CT molecular complexity index is 580. The average Bonchev–Trinajstić information content (AvgIpc) is 2.55. The number of nitriles is 1. The predicted octanol–water partition coefficient (Wildman–Crippen LogP) is 2.78. The van der Waals surface area contributed by atoms with Gasteiger partial charge in [-0.15, -0.1) is 0 Å².